The van der Waals surface area contributed by atoms with Gasteiger partial charge in [0.25, 0.3) is 0 Å². The van der Waals surface area contributed by atoms with Crippen molar-refractivity contribution in [3.05, 3.63) is 63.6 Å². The smallest absolute Gasteiger partial charge is 0.344 e. The van der Waals surface area contributed by atoms with Crippen LogP contribution in [0.4, 0.5) is 0 Å². The molecule has 0 atom stereocenters. The van der Waals surface area contributed by atoms with E-state index < -0.39 is 11.9 Å². The molecule has 0 N–H and O–H groups in total. The quantitative estimate of drug-likeness (QED) is 0.723. The van der Waals surface area contributed by atoms with E-state index >= 15 is 0 Å². The molecule has 0 saturated carbocycles. The molecule has 24 heavy (non-hydrogen) atoms. The minimum atomic E-state index is -0.543. The summed E-state index contributed by atoms with van der Waals surface area (Å²) in [4.78, 5) is 23.0. The van der Waals surface area contributed by atoms with Crippen LogP contribution in [-0.4, -0.2) is 25.7 Å². The van der Waals surface area contributed by atoms with Gasteiger partial charge in [-0.05, 0) is 35.9 Å². The van der Waals surface area contributed by atoms with Gasteiger partial charge in [0.15, 0.2) is 6.61 Å². The number of ether oxygens (including phenoxy) is 3. The predicted molar refractivity (Wildman–Crippen MR) is 89.5 cm³/mol. The van der Waals surface area contributed by atoms with Crippen LogP contribution in [0.15, 0.2) is 42.5 Å². The zero-order valence-electron chi connectivity index (χ0n) is 12.8. The first-order valence-corrected chi connectivity index (χ1v) is 7.66. The van der Waals surface area contributed by atoms with Crippen LogP contribution in [0.25, 0.3) is 0 Å². The van der Waals surface area contributed by atoms with Gasteiger partial charge in [-0.1, -0.05) is 35.3 Å². The van der Waals surface area contributed by atoms with Crippen molar-refractivity contribution in [3.8, 4) is 5.75 Å². The van der Waals surface area contributed by atoms with Gasteiger partial charge in [0, 0.05) is 5.02 Å². The molecule has 5 nitrogen and oxygen atoms in total. The summed E-state index contributed by atoms with van der Waals surface area (Å²) in [5, 5.41) is 0.791. The summed E-state index contributed by atoms with van der Waals surface area (Å²) in [5.41, 5.74) is 1.16. The van der Waals surface area contributed by atoms with Gasteiger partial charge in [-0.2, -0.15) is 0 Å². The molecule has 2 aromatic rings. The molecule has 7 heteroatoms. The third kappa shape index (κ3) is 5.15. The molecule has 0 heterocycles. The summed E-state index contributed by atoms with van der Waals surface area (Å²) in [7, 11) is 1.31. The van der Waals surface area contributed by atoms with Crippen molar-refractivity contribution in [2.45, 2.75) is 6.61 Å². The number of methoxy groups -OCH3 is 1. The Bertz CT molecular complexity index is 728. The molecule has 2 aromatic carbocycles. The van der Waals surface area contributed by atoms with Crippen molar-refractivity contribution in [1.29, 1.82) is 0 Å². The highest BCUT2D eigenvalue weighted by Gasteiger charge is 2.09. The monoisotopic (exact) mass is 368 g/mol. The normalized spacial score (nSPS) is 10.1. The van der Waals surface area contributed by atoms with Crippen molar-refractivity contribution in [2.24, 2.45) is 0 Å². The Morgan fingerprint density at radius 1 is 1.04 bits per heavy atom. The van der Waals surface area contributed by atoms with Gasteiger partial charge in [-0.25, -0.2) is 9.59 Å². The van der Waals surface area contributed by atoms with E-state index in [1.54, 1.807) is 36.4 Å². The molecule has 0 spiro atoms. The minimum Gasteiger partial charge on any atom is -0.480 e. The van der Waals surface area contributed by atoms with Crippen molar-refractivity contribution in [1.82, 2.24) is 0 Å². The Balaban J connectivity index is 1.81. The van der Waals surface area contributed by atoms with Crippen molar-refractivity contribution >= 4 is 35.1 Å². The summed E-state index contributed by atoms with van der Waals surface area (Å²) in [5.74, 6) is -0.620. The lowest BCUT2D eigenvalue weighted by Crippen LogP contribution is -2.15. The largest absolute Gasteiger partial charge is 0.480 e. The van der Waals surface area contributed by atoms with Crippen LogP contribution in [0, 0.1) is 0 Å². The molecule has 0 aliphatic heterocycles. The third-order valence-electron chi connectivity index (χ3n) is 3.01. The van der Waals surface area contributed by atoms with Gasteiger partial charge in [-0.3, -0.25) is 0 Å². The zero-order chi connectivity index (χ0) is 17.5. The van der Waals surface area contributed by atoms with Crippen LogP contribution < -0.4 is 4.74 Å². The van der Waals surface area contributed by atoms with Crippen LogP contribution in [-0.2, 0) is 20.9 Å². The lowest BCUT2D eigenvalue weighted by Gasteiger charge is -2.09. The zero-order valence-corrected chi connectivity index (χ0v) is 14.3. The standard InChI is InChI=1S/C17H14Cl2O5/c1-22-17(21)12-4-2-11(3-5-12)9-24-16(20)10-23-15-7-6-13(18)8-14(15)19/h2-8H,9-10H2,1H3. The number of hydrogen-bond acceptors (Lipinski definition) is 5. The summed E-state index contributed by atoms with van der Waals surface area (Å²) >= 11 is 11.7. The Hall–Kier alpha value is -2.24. The predicted octanol–water partition coefficient (Wildman–Crippen LogP) is 3.90. The van der Waals surface area contributed by atoms with Gasteiger partial charge in [0.1, 0.15) is 12.4 Å². The highest BCUT2D eigenvalue weighted by Crippen LogP contribution is 2.27. The third-order valence-corrected chi connectivity index (χ3v) is 3.54. The molecule has 2 rings (SSSR count). The van der Waals surface area contributed by atoms with Gasteiger partial charge in [-0.15, -0.1) is 0 Å². The topological polar surface area (TPSA) is 61.8 Å². The summed E-state index contributed by atoms with van der Waals surface area (Å²) < 4.78 is 15.0. The first-order chi connectivity index (χ1) is 11.5. The van der Waals surface area contributed by atoms with Crippen molar-refractivity contribution in [3.63, 3.8) is 0 Å². The molecule has 0 unspecified atom stereocenters. The maximum absolute atomic E-state index is 11.7. The molecule has 0 aliphatic rings. The second-order valence-corrected chi connectivity index (χ2v) is 5.56. The number of rotatable bonds is 6. The number of carbonyl (C=O) groups is 2. The molecule has 0 amide bonds. The van der Waals surface area contributed by atoms with Crippen LogP contribution in [0.1, 0.15) is 15.9 Å². The Morgan fingerprint density at radius 3 is 2.38 bits per heavy atom. The summed E-state index contributed by atoms with van der Waals surface area (Å²) in [6, 6.07) is 11.2. The van der Waals surface area contributed by atoms with E-state index in [0.717, 1.165) is 5.56 Å². The molecular weight excluding hydrogens is 355 g/mol. The molecule has 0 saturated heterocycles. The molecule has 0 aromatic heterocycles. The van der Waals surface area contributed by atoms with Gasteiger partial charge in [0.05, 0.1) is 17.7 Å². The molecule has 0 fully saturated rings. The molecule has 0 radical (unpaired) electrons. The maximum atomic E-state index is 11.7. The fourth-order valence-electron chi connectivity index (χ4n) is 1.79. The van der Waals surface area contributed by atoms with Crippen molar-refractivity contribution < 1.29 is 23.8 Å². The summed E-state index contributed by atoms with van der Waals surface area (Å²) in [6.07, 6.45) is 0. The molecular formula is C17H14Cl2O5. The van der Waals surface area contributed by atoms with E-state index in [1.165, 1.54) is 13.2 Å². The minimum absolute atomic E-state index is 0.0675. The molecule has 0 bridgehead atoms. The average molecular weight is 369 g/mol. The number of benzene rings is 2. The van der Waals surface area contributed by atoms with E-state index in [-0.39, 0.29) is 13.2 Å². The fourth-order valence-corrected chi connectivity index (χ4v) is 2.25. The second-order valence-electron chi connectivity index (χ2n) is 4.71. The number of carbonyl (C=O) groups excluding carboxylic acids is 2. The molecule has 126 valence electrons. The SMILES string of the molecule is COC(=O)c1ccc(COC(=O)COc2ccc(Cl)cc2Cl)cc1. The second kappa shape index (κ2) is 8.57. The van der Waals surface area contributed by atoms with Gasteiger partial charge in [0.2, 0.25) is 0 Å². The lowest BCUT2D eigenvalue weighted by molar-refractivity contribution is -0.147. The highest BCUT2D eigenvalue weighted by atomic mass is 35.5. The first-order valence-electron chi connectivity index (χ1n) is 6.90. The van der Waals surface area contributed by atoms with Crippen LogP contribution in [0.5, 0.6) is 5.75 Å². The van der Waals surface area contributed by atoms with E-state index in [2.05, 4.69) is 4.74 Å². The van der Waals surface area contributed by atoms with E-state index in [9.17, 15) is 9.59 Å². The lowest BCUT2D eigenvalue weighted by atomic mass is 10.1. The first kappa shape index (κ1) is 18.1. The Kier molecular flexibility index (Phi) is 6.46. The highest BCUT2D eigenvalue weighted by molar-refractivity contribution is 6.35. The number of hydrogen-bond donors (Lipinski definition) is 0. The van der Waals surface area contributed by atoms with Crippen LogP contribution >= 0.6 is 23.2 Å². The van der Waals surface area contributed by atoms with E-state index in [1.807, 2.05) is 0 Å². The van der Waals surface area contributed by atoms with E-state index in [4.69, 9.17) is 32.7 Å². The van der Waals surface area contributed by atoms with Crippen LogP contribution in [0.2, 0.25) is 10.0 Å². The van der Waals surface area contributed by atoms with E-state index in [0.29, 0.717) is 21.4 Å². The van der Waals surface area contributed by atoms with Gasteiger partial charge >= 0.3 is 11.9 Å². The van der Waals surface area contributed by atoms with Gasteiger partial charge < -0.3 is 14.2 Å². The fraction of sp³-hybridized carbons (Fsp3) is 0.176. The molecule has 0 aliphatic carbocycles. The van der Waals surface area contributed by atoms with Crippen molar-refractivity contribution in [2.75, 3.05) is 13.7 Å². The Labute approximate surface area is 149 Å². The number of halogens is 2. The van der Waals surface area contributed by atoms with Crippen LogP contribution in [0.3, 0.4) is 0 Å². The summed E-state index contributed by atoms with van der Waals surface area (Å²) in [6.45, 7) is -0.209. The Morgan fingerprint density at radius 2 is 1.75 bits per heavy atom. The average Bonchev–Trinajstić information content (AvgIpc) is 2.59. The maximum Gasteiger partial charge on any atom is 0.344 e. The number of esters is 2.